The molecule has 0 aliphatic heterocycles. The highest BCUT2D eigenvalue weighted by Gasteiger charge is 1.93. The summed E-state index contributed by atoms with van der Waals surface area (Å²) in [7, 11) is 0. The monoisotopic (exact) mass is 190 g/mol. The molecule has 0 saturated heterocycles. The quantitative estimate of drug-likeness (QED) is 0.744. The van der Waals surface area contributed by atoms with Crippen molar-refractivity contribution >= 4 is 17.4 Å². The van der Waals surface area contributed by atoms with Gasteiger partial charge in [-0.1, -0.05) is 18.2 Å². The first kappa shape index (κ1) is 9.69. The maximum absolute atomic E-state index is 8.47. The second kappa shape index (κ2) is 5.28. The number of benzene rings is 1. The van der Waals surface area contributed by atoms with E-state index in [1.54, 1.807) is 0 Å². The molecule has 1 N–H and O–H groups in total. The molecule has 0 saturated carbocycles. The van der Waals surface area contributed by atoms with Crippen LogP contribution in [0.4, 0.5) is 5.69 Å². The van der Waals surface area contributed by atoms with Gasteiger partial charge in [-0.05, 0) is 18.4 Å². The van der Waals surface area contributed by atoms with Gasteiger partial charge in [0.15, 0.2) is 0 Å². The number of rotatable bonds is 3. The smallest absolute Gasteiger partial charge is 0.0939 e. The van der Waals surface area contributed by atoms with Gasteiger partial charge in [0, 0.05) is 11.8 Å². The molecule has 13 heavy (non-hydrogen) atoms. The van der Waals surface area contributed by atoms with E-state index in [9.17, 15) is 0 Å². The number of nitrogens with one attached hydrogen (secondary N) is 1. The maximum Gasteiger partial charge on any atom is 0.0939 e. The van der Waals surface area contributed by atoms with Crippen molar-refractivity contribution in [1.82, 2.24) is 0 Å². The van der Waals surface area contributed by atoms with Crippen molar-refractivity contribution in [1.29, 1.82) is 5.26 Å². The molecule has 0 aromatic heterocycles. The molecule has 1 aromatic carbocycles. The number of nitrogens with zero attached hydrogens (tertiary/aromatic N) is 1. The standard InChI is InChI=1S/C10H10N2S/c1-13-10(7-8-11)12-9-5-3-2-4-6-9/h2-7,12H,1H3/b10-7-. The van der Waals surface area contributed by atoms with Crippen molar-refractivity contribution in [2.45, 2.75) is 0 Å². The molecular weight excluding hydrogens is 180 g/mol. The third-order valence-corrected chi connectivity index (χ3v) is 2.12. The van der Waals surface area contributed by atoms with Crippen LogP contribution in [0, 0.1) is 11.3 Å². The number of para-hydroxylation sites is 1. The number of hydrogen-bond acceptors (Lipinski definition) is 3. The van der Waals surface area contributed by atoms with Gasteiger partial charge in [-0.25, -0.2) is 0 Å². The first-order chi connectivity index (χ1) is 6.36. The van der Waals surface area contributed by atoms with Gasteiger partial charge < -0.3 is 5.32 Å². The van der Waals surface area contributed by atoms with Crippen molar-refractivity contribution in [3.05, 3.63) is 41.4 Å². The zero-order valence-electron chi connectivity index (χ0n) is 7.32. The van der Waals surface area contributed by atoms with E-state index < -0.39 is 0 Å². The van der Waals surface area contributed by atoms with Gasteiger partial charge in [0.05, 0.1) is 11.1 Å². The van der Waals surface area contributed by atoms with E-state index in [-0.39, 0.29) is 0 Å². The van der Waals surface area contributed by atoms with Crippen LogP contribution in [-0.4, -0.2) is 6.26 Å². The van der Waals surface area contributed by atoms with E-state index in [0.29, 0.717) is 0 Å². The van der Waals surface area contributed by atoms with Gasteiger partial charge in [-0.3, -0.25) is 0 Å². The molecule has 0 fully saturated rings. The Hall–Kier alpha value is -1.40. The molecule has 0 unspecified atom stereocenters. The molecule has 0 heterocycles. The highest BCUT2D eigenvalue weighted by atomic mass is 32.2. The van der Waals surface area contributed by atoms with Crippen molar-refractivity contribution in [2.75, 3.05) is 11.6 Å². The van der Waals surface area contributed by atoms with Crippen molar-refractivity contribution in [2.24, 2.45) is 0 Å². The summed E-state index contributed by atoms with van der Waals surface area (Å²) in [5.41, 5.74) is 0.998. The van der Waals surface area contributed by atoms with Crippen LogP contribution in [-0.2, 0) is 0 Å². The summed E-state index contributed by atoms with van der Waals surface area (Å²) in [4.78, 5) is 0. The van der Waals surface area contributed by atoms with Crippen LogP contribution in [0.25, 0.3) is 0 Å². The normalized spacial score (nSPS) is 10.6. The predicted molar refractivity (Wildman–Crippen MR) is 57.3 cm³/mol. The molecule has 1 aromatic rings. The Kier molecular flexibility index (Phi) is 3.94. The Balaban J connectivity index is 2.69. The predicted octanol–water partition coefficient (Wildman–Crippen LogP) is 2.83. The minimum atomic E-state index is 0.855. The van der Waals surface area contributed by atoms with Gasteiger partial charge in [0.2, 0.25) is 0 Å². The van der Waals surface area contributed by atoms with E-state index in [2.05, 4.69) is 5.32 Å². The molecule has 66 valence electrons. The summed E-state index contributed by atoms with van der Waals surface area (Å²) in [6.45, 7) is 0. The molecule has 0 radical (unpaired) electrons. The van der Waals surface area contributed by atoms with Crippen LogP contribution in [0.5, 0.6) is 0 Å². The van der Waals surface area contributed by atoms with E-state index in [0.717, 1.165) is 10.7 Å². The number of anilines is 1. The summed E-state index contributed by atoms with van der Waals surface area (Å²) >= 11 is 1.52. The second-order valence-electron chi connectivity index (χ2n) is 2.33. The lowest BCUT2D eigenvalue weighted by Crippen LogP contribution is -1.94. The first-order valence-corrected chi connectivity index (χ1v) is 5.05. The van der Waals surface area contributed by atoms with E-state index in [1.165, 1.54) is 17.8 Å². The highest BCUT2D eigenvalue weighted by molar-refractivity contribution is 8.02. The van der Waals surface area contributed by atoms with Crippen LogP contribution in [0.15, 0.2) is 41.4 Å². The second-order valence-corrected chi connectivity index (χ2v) is 3.18. The summed E-state index contributed by atoms with van der Waals surface area (Å²) < 4.78 is 0. The van der Waals surface area contributed by atoms with Crippen LogP contribution < -0.4 is 5.32 Å². The molecule has 2 nitrogen and oxygen atoms in total. The summed E-state index contributed by atoms with van der Waals surface area (Å²) in [5.74, 6) is 0. The average Bonchev–Trinajstić information content (AvgIpc) is 2.19. The zero-order chi connectivity index (χ0) is 9.52. The molecule has 0 atom stereocenters. The number of nitriles is 1. The third kappa shape index (κ3) is 3.22. The minimum Gasteiger partial charge on any atom is -0.350 e. The first-order valence-electron chi connectivity index (χ1n) is 3.82. The van der Waals surface area contributed by atoms with Crippen molar-refractivity contribution < 1.29 is 0 Å². The Morgan fingerprint density at radius 1 is 1.46 bits per heavy atom. The molecule has 0 aliphatic carbocycles. The maximum atomic E-state index is 8.47. The molecule has 0 spiro atoms. The average molecular weight is 190 g/mol. The number of thioether (sulfide) groups is 1. The van der Waals surface area contributed by atoms with Gasteiger partial charge in [-0.2, -0.15) is 5.26 Å². The van der Waals surface area contributed by atoms with Crippen LogP contribution in [0.2, 0.25) is 0 Å². The summed E-state index contributed by atoms with van der Waals surface area (Å²) in [6, 6.07) is 11.8. The molecule has 1 rings (SSSR count). The fourth-order valence-corrected chi connectivity index (χ4v) is 1.26. The molecule has 3 heteroatoms. The highest BCUT2D eigenvalue weighted by Crippen LogP contribution is 2.15. The van der Waals surface area contributed by atoms with Gasteiger partial charge >= 0.3 is 0 Å². The Morgan fingerprint density at radius 2 is 2.15 bits per heavy atom. The third-order valence-electron chi connectivity index (χ3n) is 1.46. The largest absolute Gasteiger partial charge is 0.350 e. The van der Waals surface area contributed by atoms with Crippen LogP contribution in [0.3, 0.4) is 0 Å². The molecule has 0 aliphatic rings. The molecular formula is C10H10N2S. The summed E-state index contributed by atoms with van der Waals surface area (Å²) in [5, 5.41) is 12.5. The Bertz CT molecular complexity index is 325. The van der Waals surface area contributed by atoms with Crippen molar-refractivity contribution in [3.63, 3.8) is 0 Å². The fourth-order valence-electron chi connectivity index (χ4n) is 0.868. The Labute approximate surface area is 82.3 Å². The fraction of sp³-hybridized carbons (Fsp3) is 0.100. The lowest BCUT2D eigenvalue weighted by atomic mass is 10.3. The molecule has 0 amide bonds. The zero-order valence-corrected chi connectivity index (χ0v) is 8.14. The van der Waals surface area contributed by atoms with Crippen LogP contribution >= 0.6 is 11.8 Å². The van der Waals surface area contributed by atoms with Crippen molar-refractivity contribution in [3.8, 4) is 6.07 Å². The van der Waals surface area contributed by atoms with Crippen LogP contribution in [0.1, 0.15) is 0 Å². The van der Waals surface area contributed by atoms with E-state index in [4.69, 9.17) is 5.26 Å². The SMILES string of the molecule is CS/C(=C\C#N)Nc1ccccc1. The molecule has 0 bridgehead atoms. The van der Waals surface area contributed by atoms with E-state index in [1.807, 2.05) is 42.7 Å². The lowest BCUT2D eigenvalue weighted by Gasteiger charge is -2.05. The van der Waals surface area contributed by atoms with E-state index >= 15 is 0 Å². The topological polar surface area (TPSA) is 35.8 Å². The van der Waals surface area contributed by atoms with Gasteiger partial charge in [0.25, 0.3) is 0 Å². The number of allylic oxidation sites excluding steroid dienone is 1. The Morgan fingerprint density at radius 3 is 2.69 bits per heavy atom. The minimum absolute atomic E-state index is 0.855. The lowest BCUT2D eigenvalue weighted by molar-refractivity contribution is 1.51. The number of hydrogen-bond donors (Lipinski definition) is 1. The summed E-state index contributed by atoms with van der Waals surface area (Å²) in [6.07, 6.45) is 3.43. The van der Waals surface area contributed by atoms with Gasteiger partial charge in [0.1, 0.15) is 0 Å². The van der Waals surface area contributed by atoms with Gasteiger partial charge in [-0.15, -0.1) is 11.8 Å².